The Bertz CT molecular complexity index is 1370. The summed E-state index contributed by atoms with van der Waals surface area (Å²) in [6, 6.07) is 9.92. The number of amides is 1. The van der Waals surface area contributed by atoms with Gasteiger partial charge in [0.15, 0.2) is 16.3 Å². The Labute approximate surface area is 196 Å². The van der Waals surface area contributed by atoms with Crippen molar-refractivity contribution in [2.75, 3.05) is 26.3 Å². The lowest BCUT2D eigenvalue weighted by molar-refractivity contribution is 0.0997. The van der Waals surface area contributed by atoms with Crippen molar-refractivity contribution < 1.29 is 22.7 Å². The fourth-order valence-corrected chi connectivity index (χ4v) is 6.71. The third kappa shape index (κ3) is 4.18. The Morgan fingerprint density at radius 3 is 2.39 bits per heavy atom. The summed E-state index contributed by atoms with van der Waals surface area (Å²) >= 11 is 1.42. The van der Waals surface area contributed by atoms with E-state index in [9.17, 15) is 13.2 Å². The maximum atomic E-state index is 12.9. The van der Waals surface area contributed by atoms with Crippen molar-refractivity contribution >= 4 is 37.5 Å². The van der Waals surface area contributed by atoms with Crippen molar-refractivity contribution in [1.82, 2.24) is 8.87 Å². The van der Waals surface area contributed by atoms with E-state index in [1.54, 1.807) is 0 Å². The van der Waals surface area contributed by atoms with Crippen molar-refractivity contribution in [3.8, 4) is 11.5 Å². The molecular formula is C23H25N3O5S2. The molecule has 5 rings (SSSR count). The molecule has 3 heterocycles. The van der Waals surface area contributed by atoms with Crippen LogP contribution in [0.3, 0.4) is 0 Å². The van der Waals surface area contributed by atoms with E-state index in [4.69, 9.17) is 9.47 Å². The van der Waals surface area contributed by atoms with E-state index >= 15 is 0 Å². The number of nitrogens with zero attached hydrogens (tertiary/aromatic N) is 3. The zero-order valence-electron chi connectivity index (χ0n) is 18.3. The number of carbonyl (C=O) groups is 1. The van der Waals surface area contributed by atoms with Crippen LogP contribution in [0.25, 0.3) is 10.2 Å². The fourth-order valence-electron chi connectivity index (χ4n) is 4.13. The lowest BCUT2D eigenvalue weighted by atomic mass is 10.2. The Kier molecular flexibility index (Phi) is 5.98. The molecule has 0 radical (unpaired) electrons. The van der Waals surface area contributed by atoms with E-state index < -0.39 is 15.9 Å². The molecule has 1 fully saturated rings. The highest BCUT2D eigenvalue weighted by atomic mass is 32.2. The molecule has 3 aromatic rings. The number of ether oxygens (including phenoxy) is 2. The van der Waals surface area contributed by atoms with Crippen LogP contribution in [0, 0.1) is 0 Å². The number of benzene rings is 2. The molecule has 0 N–H and O–H groups in total. The van der Waals surface area contributed by atoms with Gasteiger partial charge < -0.3 is 14.0 Å². The first-order valence-electron chi connectivity index (χ1n) is 11.1. The van der Waals surface area contributed by atoms with Gasteiger partial charge in [-0.3, -0.25) is 4.79 Å². The van der Waals surface area contributed by atoms with Gasteiger partial charge in [-0.25, -0.2) is 8.42 Å². The van der Waals surface area contributed by atoms with Crippen LogP contribution in [0.1, 0.15) is 36.5 Å². The Balaban J connectivity index is 1.49. The van der Waals surface area contributed by atoms with Gasteiger partial charge in [0, 0.05) is 37.3 Å². The van der Waals surface area contributed by atoms with Crippen LogP contribution in [0.5, 0.6) is 11.5 Å². The second-order valence-electron chi connectivity index (χ2n) is 8.05. The van der Waals surface area contributed by atoms with Gasteiger partial charge in [0.25, 0.3) is 5.91 Å². The van der Waals surface area contributed by atoms with Crippen molar-refractivity contribution in [3.63, 3.8) is 0 Å². The Morgan fingerprint density at radius 1 is 1.06 bits per heavy atom. The summed E-state index contributed by atoms with van der Waals surface area (Å²) in [5, 5.41) is 0. The predicted molar refractivity (Wildman–Crippen MR) is 125 cm³/mol. The molecule has 2 aliphatic heterocycles. The fraction of sp³-hybridized carbons (Fsp3) is 0.391. The number of aryl methyl sites for hydroxylation is 1. The van der Waals surface area contributed by atoms with E-state index in [0.717, 1.165) is 29.5 Å². The Morgan fingerprint density at radius 2 is 1.73 bits per heavy atom. The number of hydrogen-bond donors (Lipinski definition) is 0. The van der Waals surface area contributed by atoms with Gasteiger partial charge in [-0.1, -0.05) is 18.3 Å². The van der Waals surface area contributed by atoms with E-state index in [1.807, 2.05) is 16.7 Å². The lowest BCUT2D eigenvalue weighted by Gasteiger charge is -2.18. The number of sulfonamides is 1. The average molecular weight is 488 g/mol. The van der Waals surface area contributed by atoms with Crippen LogP contribution in [0.2, 0.25) is 0 Å². The van der Waals surface area contributed by atoms with E-state index in [-0.39, 0.29) is 4.90 Å². The zero-order valence-corrected chi connectivity index (χ0v) is 20.0. The summed E-state index contributed by atoms with van der Waals surface area (Å²) in [6.45, 7) is 4.88. The molecule has 33 heavy (non-hydrogen) atoms. The molecule has 8 nitrogen and oxygen atoms in total. The van der Waals surface area contributed by atoms with Crippen LogP contribution in [-0.2, 0) is 16.6 Å². The van der Waals surface area contributed by atoms with Crippen LogP contribution < -0.4 is 14.3 Å². The summed E-state index contributed by atoms with van der Waals surface area (Å²) in [7, 11) is -3.51. The van der Waals surface area contributed by atoms with E-state index in [1.165, 1.54) is 39.9 Å². The number of fused-ring (bicyclic) bond motifs is 2. The van der Waals surface area contributed by atoms with Gasteiger partial charge in [0.2, 0.25) is 10.0 Å². The maximum absolute atomic E-state index is 12.9. The molecular weight excluding hydrogens is 462 g/mol. The molecule has 0 aliphatic carbocycles. The maximum Gasteiger partial charge on any atom is 0.279 e. The third-order valence-corrected chi connectivity index (χ3v) is 8.75. The largest absolute Gasteiger partial charge is 0.486 e. The SMILES string of the molecule is CCCn1c(=NC(=O)c2ccc(S(=O)(=O)N3CCCC3)cc2)sc2cc3c(cc21)OCCO3. The molecule has 2 aromatic carbocycles. The van der Waals surface area contributed by atoms with Gasteiger partial charge >= 0.3 is 0 Å². The molecule has 0 saturated carbocycles. The molecule has 0 bridgehead atoms. The van der Waals surface area contributed by atoms with Crippen LogP contribution in [-0.4, -0.2) is 49.5 Å². The molecule has 174 valence electrons. The second kappa shape index (κ2) is 8.92. The number of aromatic nitrogens is 1. The smallest absolute Gasteiger partial charge is 0.279 e. The number of carbonyl (C=O) groups excluding carboxylic acids is 1. The number of hydrogen-bond acceptors (Lipinski definition) is 6. The van der Waals surface area contributed by atoms with Gasteiger partial charge in [0.1, 0.15) is 13.2 Å². The average Bonchev–Trinajstić information content (AvgIpc) is 3.47. The highest BCUT2D eigenvalue weighted by Gasteiger charge is 2.27. The molecule has 2 aliphatic rings. The highest BCUT2D eigenvalue weighted by Crippen LogP contribution is 2.35. The standard InChI is InChI=1S/C23H25N3O5S2/c1-2-9-26-18-14-19-20(31-13-12-30-19)15-21(18)32-23(26)24-22(27)16-5-7-17(8-6-16)33(28,29)25-10-3-4-11-25/h5-8,14-15H,2-4,9-13H2,1H3. The minimum atomic E-state index is -3.51. The van der Waals surface area contributed by atoms with Crippen LogP contribution >= 0.6 is 11.3 Å². The van der Waals surface area contributed by atoms with Gasteiger partial charge in [-0.15, -0.1) is 0 Å². The monoisotopic (exact) mass is 487 g/mol. The van der Waals surface area contributed by atoms with Crippen molar-refractivity contribution in [1.29, 1.82) is 0 Å². The molecule has 0 spiro atoms. The summed E-state index contributed by atoms with van der Waals surface area (Å²) in [5.74, 6) is 0.990. The third-order valence-electron chi connectivity index (χ3n) is 5.80. The quantitative estimate of drug-likeness (QED) is 0.550. The first-order chi connectivity index (χ1) is 16.0. The van der Waals surface area contributed by atoms with Crippen molar-refractivity contribution in [2.24, 2.45) is 4.99 Å². The molecule has 10 heteroatoms. The lowest BCUT2D eigenvalue weighted by Crippen LogP contribution is -2.27. The summed E-state index contributed by atoms with van der Waals surface area (Å²) in [5.41, 5.74) is 1.30. The van der Waals surface area contributed by atoms with Gasteiger partial charge in [0.05, 0.1) is 15.1 Å². The van der Waals surface area contributed by atoms with Gasteiger partial charge in [-0.05, 0) is 43.5 Å². The predicted octanol–water partition coefficient (Wildman–Crippen LogP) is 3.41. The first kappa shape index (κ1) is 22.1. The highest BCUT2D eigenvalue weighted by molar-refractivity contribution is 7.89. The first-order valence-corrected chi connectivity index (χ1v) is 13.4. The number of rotatable bonds is 5. The Hall–Kier alpha value is -2.69. The minimum Gasteiger partial charge on any atom is -0.486 e. The second-order valence-corrected chi connectivity index (χ2v) is 11.0. The topological polar surface area (TPSA) is 90.2 Å². The van der Waals surface area contributed by atoms with E-state index in [2.05, 4.69) is 11.9 Å². The molecule has 0 unspecified atom stereocenters. The van der Waals surface area contributed by atoms with Crippen molar-refractivity contribution in [2.45, 2.75) is 37.6 Å². The molecule has 1 amide bonds. The number of thiazole rings is 1. The zero-order chi connectivity index (χ0) is 23.0. The summed E-state index contributed by atoms with van der Waals surface area (Å²) in [6.07, 6.45) is 2.64. The molecule has 1 aromatic heterocycles. The van der Waals surface area contributed by atoms with Gasteiger partial charge in [-0.2, -0.15) is 9.30 Å². The summed E-state index contributed by atoms with van der Waals surface area (Å²) < 4.78 is 41.3. The summed E-state index contributed by atoms with van der Waals surface area (Å²) in [4.78, 5) is 18.1. The molecule has 0 atom stereocenters. The normalized spacial score (nSPS) is 17.1. The minimum absolute atomic E-state index is 0.203. The molecule has 1 saturated heterocycles. The van der Waals surface area contributed by atoms with E-state index in [0.29, 0.717) is 54.7 Å². The van der Waals surface area contributed by atoms with Crippen LogP contribution in [0.4, 0.5) is 0 Å². The van der Waals surface area contributed by atoms with Crippen molar-refractivity contribution in [3.05, 3.63) is 46.8 Å². The van der Waals surface area contributed by atoms with Crippen LogP contribution in [0.15, 0.2) is 46.3 Å².